The molecule has 3 aromatic rings. The minimum atomic E-state index is -0.351. The highest BCUT2D eigenvalue weighted by Crippen LogP contribution is 2.23. The zero-order valence-corrected chi connectivity index (χ0v) is 14.8. The smallest absolute Gasteiger partial charge is 0.255 e. The minimum Gasteiger partial charge on any atom is -0.507 e. The van der Waals surface area contributed by atoms with E-state index in [1.54, 1.807) is 17.4 Å². The number of hydrogen-bond acceptors (Lipinski definition) is 5. The molecule has 25 heavy (non-hydrogen) atoms. The van der Waals surface area contributed by atoms with E-state index in [9.17, 15) is 9.90 Å². The third-order valence-corrected chi connectivity index (χ3v) is 4.54. The van der Waals surface area contributed by atoms with Gasteiger partial charge >= 0.3 is 0 Å². The summed E-state index contributed by atoms with van der Waals surface area (Å²) in [7, 11) is 1.51. The molecule has 0 fully saturated rings. The number of methoxy groups -OCH3 is 1. The van der Waals surface area contributed by atoms with Crippen molar-refractivity contribution in [3.8, 4) is 22.8 Å². The Balaban J connectivity index is 1.66. The number of aromatic nitrogens is 1. The number of aromatic hydroxyl groups is 1. The molecule has 3 rings (SSSR count). The maximum atomic E-state index is 12.3. The molecule has 2 aromatic carbocycles. The van der Waals surface area contributed by atoms with E-state index in [-0.39, 0.29) is 17.2 Å². The Morgan fingerprint density at radius 3 is 2.64 bits per heavy atom. The molecule has 128 valence electrons. The number of benzene rings is 2. The van der Waals surface area contributed by atoms with Crippen LogP contribution in [0.5, 0.6) is 11.5 Å². The molecule has 0 atom stereocenters. The molecule has 1 aromatic heterocycles. The summed E-state index contributed by atoms with van der Waals surface area (Å²) in [6, 6.07) is 12.4. The van der Waals surface area contributed by atoms with E-state index in [0.29, 0.717) is 12.3 Å². The number of nitrogens with zero attached hydrogens (tertiary/aromatic N) is 1. The average molecular weight is 354 g/mol. The first-order valence-electron chi connectivity index (χ1n) is 7.73. The SMILES string of the molecule is COc1ccc(O)c(C(=O)NCc2ccc(-c3csc(C)n3)cc2)c1. The van der Waals surface area contributed by atoms with E-state index in [1.165, 1.54) is 19.2 Å². The number of thiazole rings is 1. The van der Waals surface area contributed by atoms with Crippen molar-refractivity contribution in [2.24, 2.45) is 0 Å². The summed E-state index contributed by atoms with van der Waals surface area (Å²) in [4.78, 5) is 16.7. The van der Waals surface area contributed by atoms with Gasteiger partial charge in [-0.3, -0.25) is 4.79 Å². The van der Waals surface area contributed by atoms with Crippen LogP contribution in [-0.4, -0.2) is 23.1 Å². The zero-order chi connectivity index (χ0) is 17.8. The Morgan fingerprint density at radius 1 is 1.24 bits per heavy atom. The summed E-state index contributed by atoms with van der Waals surface area (Å²) in [6.07, 6.45) is 0. The van der Waals surface area contributed by atoms with Crippen LogP contribution in [0.15, 0.2) is 47.8 Å². The van der Waals surface area contributed by atoms with Crippen molar-refractivity contribution in [2.75, 3.05) is 7.11 Å². The van der Waals surface area contributed by atoms with E-state index in [0.717, 1.165) is 21.8 Å². The average Bonchev–Trinajstić information content (AvgIpc) is 3.07. The normalized spacial score (nSPS) is 10.5. The highest BCUT2D eigenvalue weighted by Gasteiger charge is 2.12. The van der Waals surface area contributed by atoms with Crippen molar-refractivity contribution < 1.29 is 14.6 Å². The number of hydrogen-bond donors (Lipinski definition) is 2. The molecule has 6 heteroatoms. The molecule has 1 heterocycles. The molecule has 0 unspecified atom stereocenters. The van der Waals surface area contributed by atoms with Crippen LogP contribution in [0, 0.1) is 6.92 Å². The van der Waals surface area contributed by atoms with Crippen LogP contribution in [-0.2, 0) is 6.54 Å². The summed E-state index contributed by atoms with van der Waals surface area (Å²) < 4.78 is 5.08. The van der Waals surface area contributed by atoms with Gasteiger partial charge in [0.2, 0.25) is 0 Å². The van der Waals surface area contributed by atoms with E-state index >= 15 is 0 Å². The van der Waals surface area contributed by atoms with Crippen LogP contribution in [0.3, 0.4) is 0 Å². The Kier molecular flexibility index (Phi) is 5.00. The van der Waals surface area contributed by atoms with Crippen LogP contribution in [0.2, 0.25) is 0 Å². The first-order chi connectivity index (χ1) is 12.1. The quantitative estimate of drug-likeness (QED) is 0.732. The summed E-state index contributed by atoms with van der Waals surface area (Å²) in [6.45, 7) is 2.35. The van der Waals surface area contributed by atoms with Crippen LogP contribution in [0.25, 0.3) is 11.3 Å². The molecule has 0 saturated carbocycles. The fourth-order valence-electron chi connectivity index (χ4n) is 2.39. The monoisotopic (exact) mass is 354 g/mol. The molecule has 0 radical (unpaired) electrons. The molecular weight excluding hydrogens is 336 g/mol. The van der Waals surface area contributed by atoms with E-state index in [2.05, 4.69) is 10.3 Å². The van der Waals surface area contributed by atoms with E-state index < -0.39 is 0 Å². The highest BCUT2D eigenvalue weighted by atomic mass is 32.1. The molecule has 0 aliphatic carbocycles. The second kappa shape index (κ2) is 7.36. The lowest BCUT2D eigenvalue weighted by Crippen LogP contribution is -2.22. The first kappa shape index (κ1) is 17.0. The first-order valence-corrected chi connectivity index (χ1v) is 8.61. The number of aryl methyl sites for hydroxylation is 1. The van der Waals surface area contributed by atoms with Gasteiger partial charge in [-0.25, -0.2) is 4.98 Å². The van der Waals surface area contributed by atoms with Gasteiger partial charge in [0.15, 0.2) is 0 Å². The van der Waals surface area contributed by atoms with Gasteiger partial charge < -0.3 is 15.2 Å². The predicted molar refractivity (Wildman–Crippen MR) is 98.1 cm³/mol. The van der Waals surface area contributed by atoms with Crippen molar-refractivity contribution in [3.05, 3.63) is 64.0 Å². The van der Waals surface area contributed by atoms with Crippen molar-refractivity contribution in [1.29, 1.82) is 0 Å². The van der Waals surface area contributed by atoms with Gasteiger partial charge in [-0.15, -0.1) is 11.3 Å². The van der Waals surface area contributed by atoms with Crippen LogP contribution < -0.4 is 10.1 Å². The topological polar surface area (TPSA) is 71.5 Å². The molecule has 0 spiro atoms. The number of amides is 1. The molecule has 1 amide bonds. The fraction of sp³-hybridized carbons (Fsp3) is 0.158. The summed E-state index contributed by atoms with van der Waals surface area (Å²) in [5.41, 5.74) is 3.16. The van der Waals surface area contributed by atoms with Gasteiger partial charge in [-0.05, 0) is 30.7 Å². The molecule has 0 aliphatic rings. The van der Waals surface area contributed by atoms with E-state index in [1.807, 2.05) is 36.6 Å². The number of phenols is 1. The molecule has 0 bridgehead atoms. The second-order valence-electron chi connectivity index (χ2n) is 5.51. The highest BCUT2D eigenvalue weighted by molar-refractivity contribution is 7.09. The maximum absolute atomic E-state index is 12.3. The summed E-state index contributed by atoms with van der Waals surface area (Å²) in [5, 5.41) is 15.7. The third-order valence-electron chi connectivity index (χ3n) is 3.77. The fourth-order valence-corrected chi connectivity index (χ4v) is 3.01. The van der Waals surface area contributed by atoms with Crippen LogP contribution in [0.1, 0.15) is 20.9 Å². The number of nitrogens with one attached hydrogen (secondary N) is 1. The molecular formula is C19H18N2O3S. The number of rotatable bonds is 5. The van der Waals surface area contributed by atoms with Crippen molar-refractivity contribution >= 4 is 17.2 Å². The van der Waals surface area contributed by atoms with Crippen molar-refractivity contribution in [2.45, 2.75) is 13.5 Å². The Labute approximate surface area is 149 Å². The van der Waals surface area contributed by atoms with Gasteiger partial charge in [-0.1, -0.05) is 24.3 Å². The Hall–Kier alpha value is -2.86. The second-order valence-corrected chi connectivity index (χ2v) is 6.58. The minimum absolute atomic E-state index is 0.0763. The predicted octanol–water partition coefficient (Wildman–Crippen LogP) is 3.76. The largest absolute Gasteiger partial charge is 0.507 e. The van der Waals surface area contributed by atoms with Crippen molar-refractivity contribution in [3.63, 3.8) is 0 Å². The lowest BCUT2D eigenvalue weighted by Gasteiger charge is -2.09. The van der Waals surface area contributed by atoms with Crippen molar-refractivity contribution in [1.82, 2.24) is 10.3 Å². The lowest BCUT2D eigenvalue weighted by molar-refractivity contribution is 0.0948. The lowest BCUT2D eigenvalue weighted by atomic mass is 10.1. The van der Waals surface area contributed by atoms with E-state index in [4.69, 9.17) is 4.74 Å². The molecule has 2 N–H and O–H groups in total. The maximum Gasteiger partial charge on any atom is 0.255 e. The van der Waals surface area contributed by atoms with Crippen LogP contribution >= 0.6 is 11.3 Å². The standard InChI is InChI=1S/C19H18N2O3S/c1-12-21-17(11-25-12)14-5-3-13(4-6-14)10-20-19(23)16-9-15(24-2)7-8-18(16)22/h3-9,11,22H,10H2,1-2H3,(H,20,23). The molecule has 0 aliphatic heterocycles. The Bertz CT molecular complexity index is 888. The summed E-state index contributed by atoms with van der Waals surface area (Å²) in [5.74, 6) is 0.0917. The molecule has 0 saturated heterocycles. The third kappa shape index (κ3) is 3.97. The molecule has 5 nitrogen and oxygen atoms in total. The number of phenolic OH excluding ortho intramolecular Hbond substituents is 1. The number of ether oxygens (including phenoxy) is 1. The van der Waals surface area contributed by atoms with Gasteiger partial charge in [0.1, 0.15) is 11.5 Å². The van der Waals surface area contributed by atoms with Gasteiger partial charge in [0, 0.05) is 17.5 Å². The van der Waals surface area contributed by atoms with Gasteiger partial charge in [-0.2, -0.15) is 0 Å². The summed E-state index contributed by atoms with van der Waals surface area (Å²) >= 11 is 1.62. The van der Waals surface area contributed by atoms with Gasteiger partial charge in [0.05, 0.1) is 23.4 Å². The number of carbonyl (C=O) groups is 1. The van der Waals surface area contributed by atoms with Crippen LogP contribution in [0.4, 0.5) is 0 Å². The number of carbonyl (C=O) groups excluding carboxylic acids is 1. The zero-order valence-electron chi connectivity index (χ0n) is 13.9. The van der Waals surface area contributed by atoms with Gasteiger partial charge in [0.25, 0.3) is 5.91 Å². The Morgan fingerprint density at radius 2 is 2.00 bits per heavy atom.